The zero-order chi connectivity index (χ0) is 11.2. The van der Waals surface area contributed by atoms with E-state index in [2.05, 4.69) is 5.32 Å². The van der Waals surface area contributed by atoms with Crippen LogP contribution >= 0.6 is 0 Å². The molecule has 5 rings (SSSR count). The summed E-state index contributed by atoms with van der Waals surface area (Å²) < 4.78 is 5.73. The zero-order valence-electron chi connectivity index (χ0n) is 10.7. The van der Waals surface area contributed by atoms with Gasteiger partial charge in [-0.05, 0) is 68.6 Å². The van der Waals surface area contributed by atoms with Gasteiger partial charge >= 0.3 is 0 Å². The maximum absolute atomic E-state index is 5.73. The largest absolute Gasteiger partial charge is 0.377 e. The molecule has 4 aliphatic carbocycles. The smallest absolute Gasteiger partial charge is 0.0700 e. The lowest BCUT2D eigenvalue weighted by Crippen LogP contribution is -2.55. The van der Waals surface area contributed by atoms with Crippen LogP contribution in [0, 0.1) is 23.7 Å². The van der Waals surface area contributed by atoms with E-state index in [0.29, 0.717) is 6.10 Å². The van der Waals surface area contributed by atoms with Gasteiger partial charge in [-0.2, -0.15) is 0 Å². The van der Waals surface area contributed by atoms with E-state index in [1.54, 1.807) is 6.42 Å². The first-order valence-corrected chi connectivity index (χ1v) is 7.73. The average molecular weight is 235 g/mol. The van der Waals surface area contributed by atoms with Crippen molar-refractivity contribution < 1.29 is 4.74 Å². The first-order chi connectivity index (χ1) is 8.38. The molecular weight excluding hydrogens is 210 g/mol. The molecule has 0 aromatic heterocycles. The number of nitrogens with one attached hydrogen (secondary N) is 1. The SMILES string of the molecule is C1CO[C@H](CNC2C3CC4CC(C3)CC2C4)C1. The second kappa shape index (κ2) is 4.24. The Balaban J connectivity index is 1.37. The highest BCUT2D eigenvalue weighted by Crippen LogP contribution is 2.53. The van der Waals surface area contributed by atoms with Crippen molar-refractivity contribution in [1.82, 2.24) is 5.32 Å². The van der Waals surface area contributed by atoms with Crippen molar-refractivity contribution in [2.75, 3.05) is 13.2 Å². The van der Waals surface area contributed by atoms with E-state index in [-0.39, 0.29) is 0 Å². The molecule has 0 spiro atoms. The summed E-state index contributed by atoms with van der Waals surface area (Å²) in [6.07, 6.45) is 10.7. The van der Waals surface area contributed by atoms with Crippen molar-refractivity contribution in [3.8, 4) is 0 Å². The van der Waals surface area contributed by atoms with Crippen LogP contribution in [-0.2, 0) is 4.74 Å². The Bertz CT molecular complexity index is 257. The predicted octanol–water partition coefficient (Wildman–Crippen LogP) is 2.58. The second-order valence-corrected chi connectivity index (χ2v) is 7.00. The zero-order valence-corrected chi connectivity index (χ0v) is 10.7. The minimum absolute atomic E-state index is 0.521. The van der Waals surface area contributed by atoms with Crippen LogP contribution in [0.2, 0.25) is 0 Å². The fourth-order valence-electron chi connectivity index (χ4n) is 5.33. The summed E-state index contributed by atoms with van der Waals surface area (Å²) in [6, 6.07) is 0.840. The first kappa shape index (κ1) is 10.8. The van der Waals surface area contributed by atoms with Crippen LogP contribution in [0.5, 0.6) is 0 Å². The minimum Gasteiger partial charge on any atom is -0.377 e. The molecule has 2 nitrogen and oxygen atoms in total. The molecular formula is C15H25NO. The van der Waals surface area contributed by atoms with Crippen LogP contribution in [0.15, 0.2) is 0 Å². The third kappa shape index (κ3) is 1.94. The molecule has 1 atom stereocenters. The van der Waals surface area contributed by atoms with Gasteiger partial charge < -0.3 is 10.1 Å². The van der Waals surface area contributed by atoms with E-state index in [1.165, 1.54) is 38.5 Å². The number of rotatable bonds is 3. The van der Waals surface area contributed by atoms with Gasteiger partial charge in [0.05, 0.1) is 6.10 Å². The van der Waals surface area contributed by atoms with E-state index in [1.807, 2.05) is 0 Å². The molecule has 0 aromatic rings. The van der Waals surface area contributed by atoms with Gasteiger partial charge in [-0.3, -0.25) is 0 Å². The Kier molecular flexibility index (Phi) is 2.69. The van der Waals surface area contributed by atoms with Gasteiger partial charge in [-0.1, -0.05) is 0 Å². The average Bonchev–Trinajstić information content (AvgIpc) is 2.80. The van der Waals surface area contributed by atoms with Crippen molar-refractivity contribution in [1.29, 1.82) is 0 Å². The van der Waals surface area contributed by atoms with Crippen molar-refractivity contribution in [3.63, 3.8) is 0 Å². The number of ether oxygens (including phenoxy) is 1. The van der Waals surface area contributed by atoms with Gasteiger partial charge in [0.25, 0.3) is 0 Å². The van der Waals surface area contributed by atoms with Crippen molar-refractivity contribution >= 4 is 0 Å². The van der Waals surface area contributed by atoms with Crippen LogP contribution in [0.25, 0.3) is 0 Å². The van der Waals surface area contributed by atoms with Gasteiger partial charge in [-0.15, -0.1) is 0 Å². The van der Waals surface area contributed by atoms with Crippen LogP contribution in [0.4, 0.5) is 0 Å². The highest BCUT2D eigenvalue weighted by atomic mass is 16.5. The highest BCUT2D eigenvalue weighted by Gasteiger charge is 2.47. The minimum atomic E-state index is 0.521. The molecule has 0 amide bonds. The molecule has 1 N–H and O–H groups in total. The van der Waals surface area contributed by atoms with Gasteiger partial charge in [0.2, 0.25) is 0 Å². The Morgan fingerprint density at radius 1 is 0.941 bits per heavy atom. The Hall–Kier alpha value is -0.0800. The van der Waals surface area contributed by atoms with Crippen LogP contribution in [-0.4, -0.2) is 25.3 Å². The van der Waals surface area contributed by atoms with E-state index < -0.39 is 0 Å². The van der Waals surface area contributed by atoms with Crippen LogP contribution < -0.4 is 5.32 Å². The summed E-state index contributed by atoms with van der Waals surface area (Å²) in [5, 5.41) is 3.88. The maximum Gasteiger partial charge on any atom is 0.0700 e. The second-order valence-electron chi connectivity index (χ2n) is 7.00. The molecule has 0 unspecified atom stereocenters. The normalized spacial score (nSPS) is 52.2. The molecule has 2 heteroatoms. The molecule has 1 saturated heterocycles. The third-order valence-electron chi connectivity index (χ3n) is 5.83. The molecule has 0 radical (unpaired) electrons. The van der Waals surface area contributed by atoms with Gasteiger partial charge in [0.1, 0.15) is 0 Å². The fraction of sp³-hybridized carbons (Fsp3) is 1.00. The summed E-state index contributed by atoms with van der Waals surface area (Å²) in [5.41, 5.74) is 0. The van der Waals surface area contributed by atoms with Gasteiger partial charge in [0, 0.05) is 19.2 Å². The summed E-state index contributed by atoms with van der Waals surface area (Å²) in [6.45, 7) is 2.11. The summed E-state index contributed by atoms with van der Waals surface area (Å²) in [4.78, 5) is 0. The maximum atomic E-state index is 5.73. The number of hydrogen-bond donors (Lipinski definition) is 1. The van der Waals surface area contributed by atoms with E-state index in [0.717, 1.165) is 42.9 Å². The molecule has 17 heavy (non-hydrogen) atoms. The van der Waals surface area contributed by atoms with E-state index in [9.17, 15) is 0 Å². The molecule has 5 fully saturated rings. The first-order valence-electron chi connectivity index (χ1n) is 7.73. The molecule has 0 aromatic carbocycles. The Labute approximate surface area is 104 Å². The van der Waals surface area contributed by atoms with E-state index in [4.69, 9.17) is 4.74 Å². The highest BCUT2D eigenvalue weighted by molar-refractivity contribution is 5.01. The molecule has 1 aliphatic heterocycles. The Morgan fingerprint density at radius 2 is 1.65 bits per heavy atom. The quantitative estimate of drug-likeness (QED) is 0.812. The topological polar surface area (TPSA) is 21.3 Å². The predicted molar refractivity (Wildman–Crippen MR) is 67.8 cm³/mol. The van der Waals surface area contributed by atoms with Crippen molar-refractivity contribution in [3.05, 3.63) is 0 Å². The van der Waals surface area contributed by atoms with Gasteiger partial charge in [0.15, 0.2) is 0 Å². The molecule has 5 aliphatic rings. The molecule has 4 bridgehead atoms. The lowest BCUT2D eigenvalue weighted by atomic mass is 9.54. The summed E-state index contributed by atoms with van der Waals surface area (Å²) >= 11 is 0. The molecule has 1 heterocycles. The number of hydrogen-bond acceptors (Lipinski definition) is 2. The lowest BCUT2D eigenvalue weighted by molar-refractivity contribution is -0.0183. The fourth-order valence-corrected chi connectivity index (χ4v) is 5.33. The van der Waals surface area contributed by atoms with E-state index >= 15 is 0 Å². The third-order valence-corrected chi connectivity index (χ3v) is 5.83. The van der Waals surface area contributed by atoms with Crippen molar-refractivity contribution in [2.24, 2.45) is 23.7 Å². The molecule has 4 saturated carbocycles. The summed E-state index contributed by atoms with van der Waals surface area (Å²) in [5.74, 6) is 4.21. The monoisotopic (exact) mass is 235 g/mol. The standard InChI is InChI=1S/C15H25NO/c1-2-14(17-3-1)9-16-15-12-5-10-4-11(7-12)8-13(15)6-10/h10-16H,1-9H2/t10?,11?,12?,13?,14-,15?/m0/s1. The van der Waals surface area contributed by atoms with Gasteiger partial charge in [-0.25, -0.2) is 0 Å². The summed E-state index contributed by atoms with van der Waals surface area (Å²) in [7, 11) is 0. The lowest BCUT2D eigenvalue weighted by Gasteiger charge is -2.54. The Morgan fingerprint density at radius 3 is 2.24 bits per heavy atom. The van der Waals surface area contributed by atoms with Crippen LogP contribution in [0.1, 0.15) is 44.9 Å². The molecule has 96 valence electrons. The van der Waals surface area contributed by atoms with Crippen LogP contribution in [0.3, 0.4) is 0 Å². The van der Waals surface area contributed by atoms with Crippen molar-refractivity contribution in [2.45, 2.75) is 57.1 Å².